The lowest BCUT2D eigenvalue weighted by atomic mass is 10.0. The van der Waals surface area contributed by atoms with Gasteiger partial charge in [-0.1, -0.05) is 37.3 Å². The normalized spacial score (nSPS) is 21.6. The lowest BCUT2D eigenvalue weighted by molar-refractivity contribution is -0.137. The van der Waals surface area contributed by atoms with Crippen LogP contribution in [-0.2, 0) is 20.9 Å². The van der Waals surface area contributed by atoms with Crippen LogP contribution in [0.1, 0.15) is 56.7 Å². The summed E-state index contributed by atoms with van der Waals surface area (Å²) in [6.07, 6.45) is 2.98. The third-order valence-corrected chi connectivity index (χ3v) is 7.38. The van der Waals surface area contributed by atoms with Crippen molar-refractivity contribution >= 4 is 52.1 Å². The van der Waals surface area contributed by atoms with Crippen LogP contribution in [0.4, 0.5) is 5.82 Å². The molecule has 3 heterocycles. The molecule has 1 amide bonds. The van der Waals surface area contributed by atoms with Crippen molar-refractivity contribution in [3.05, 3.63) is 31.9 Å². The van der Waals surface area contributed by atoms with Crippen LogP contribution in [0.15, 0.2) is 9.70 Å². The van der Waals surface area contributed by atoms with Crippen molar-refractivity contribution in [2.24, 2.45) is 0 Å². The molecule has 2 unspecified atom stereocenters. The van der Waals surface area contributed by atoms with E-state index in [2.05, 4.69) is 11.0 Å². The molecule has 2 aliphatic heterocycles. The van der Waals surface area contributed by atoms with Gasteiger partial charge in [-0.25, -0.2) is 0 Å². The molecule has 2 atom stereocenters. The average Bonchev–Trinajstić information content (AvgIpc) is 3.05. The van der Waals surface area contributed by atoms with E-state index in [1.165, 1.54) is 4.90 Å². The van der Waals surface area contributed by atoms with Crippen LogP contribution >= 0.6 is 24.0 Å². The first-order valence-electron chi connectivity index (χ1n) is 11.6. The number of carboxylic acid groups (broad SMARTS) is 1. The largest absolute Gasteiger partial charge is 0.481 e. The maximum Gasteiger partial charge on any atom is 0.305 e. The summed E-state index contributed by atoms with van der Waals surface area (Å²) in [5, 5.41) is 18.8. The lowest BCUT2D eigenvalue weighted by Gasteiger charge is -2.39. The Morgan fingerprint density at radius 1 is 1.29 bits per heavy atom. The summed E-state index contributed by atoms with van der Waals surface area (Å²) in [7, 11) is 0. The van der Waals surface area contributed by atoms with Crippen LogP contribution in [0.2, 0.25) is 0 Å². The second kappa shape index (κ2) is 11.4. The Morgan fingerprint density at radius 3 is 2.51 bits per heavy atom. The minimum atomic E-state index is -1.02. The Bertz CT molecular complexity index is 1160. The minimum Gasteiger partial charge on any atom is -0.481 e. The number of ether oxygens (including phenoxy) is 1. The summed E-state index contributed by atoms with van der Waals surface area (Å²) in [5.41, 5.74) is 0.832. The fourth-order valence-corrected chi connectivity index (χ4v) is 5.68. The third kappa shape index (κ3) is 5.77. The Balaban J connectivity index is 2.20. The number of thiocarbonyl (C=S) groups is 1. The number of carboxylic acids is 1. The molecule has 35 heavy (non-hydrogen) atoms. The number of unbranched alkanes of at least 4 members (excludes halogenated alkanes) is 1. The summed E-state index contributed by atoms with van der Waals surface area (Å²) < 4.78 is 7.84. The summed E-state index contributed by atoms with van der Waals surface area (Å²) in [5.74, 6) is -0.726. The fraction of sp³-hybridized carbons (Fsp3) is 0.542. The number of hydrogen-bond donors (Lipinski definition) is 1. The maximum absolute atomic E-state index is 13.4. The van der Waals surface area contributed by atoms with Crippen LogP contribution in [0.3, 0.4) is 0 Å². The molecule has 1 aromatic rings. The molecule has 2 saturated heterocycles. The number of carbonyl (C=O) groups excluding carboxylic acids is 1. The van der Waals surface area contributed by atoms with E-state index in [-0.39, 0.29) is 46.5 Å². The van der Waals surface area contributed by atoms with E-state index in [0.29, 0.717) is 41.5 Å². The molecule has 0 spiro atoms. The van der Waals surface area contributed by atoms with Gasteiger partial charge >= 0.3 is 5.97 Å². The highest BCUT2D eigenvalue weighted by Gasteiger charge is 2.34. The number of nitriles is 1. The number of carbonyl (C=O) groups is 2. The van der Waals surface area contributed by atoms with E-state index in [0.717, 1.165) is 24.6 Å². The van der Waals surface area contributed by atoms with Crippen molar-refractivity contribution in [1.29, 1.82) is 5.26 Å². The SMILES string of the molecule is CCCCn1c(N2CC(C)OC(C)C2)c(C=C2SC(=S)N(CCC(=O)O)C2=O)c(C)c(C#N)c1=O. The van der Waals surface area contributed by atoms with Crippen LogP contribution in [0.25, 0.3) is 6.08 Å². The van der Waals surface area contributed by atoms with Gasteiger partial charge < -0.3 is 14.7 Å². The average molecular weight is 519 g/mol. The molecule has 9 nitrogen and oxygen atoms in total. The predicted octanol–water partition coefficient (Wildman–Crippen LogP) is 3.12. The van der Waals surface area contributed by atoms with Gasteiger partial charge in [-0.15, -0.1) is 0 Å². The molecule has 0 radical (unpaired) electrons. The van der Waals surface area contributed by atoms with Gasteiger partial charge in [0.1, 0.15) is 21.8 Å². The number of aromatic nitrogens is 1. The highest BCUT2D eigenvalue weighted by Crippen LogP contribution is 2.36. The highest BCUT2D eigenvalue weighted by atomic mass is 32.2. The minimum absolute atomic E-state index is 0.0128. The highest BCUT2D eigenvalue weighted by molar-refractivity contribution is 8.26. The third-order valence-electron chi connectivity index (χ3n) is 6.00. The number of amides is 1. The predicted molar refractivity (Wildman–Crippen MR) is 139 cm³/mol. The Labute approximate surface area is 214 Å². The molecule has 0 aromatic carbocycles. The van der Waals surface area contributed by atoms with Crippen molar-refractivity contribution in [2.75, 3.05) is 24.5 Å². The van der Waals surface area contributed by atoms with E-state index in [1.807, 2.05) is 20.8 Å². The molecule has 188 valence electrons. The lowest BCUT2D eigenvalue weighted by Crippen LogP contribution is -2.48. The Kier molecular flexibility index (Phi) is 8.74. The first-order chi connectivity index (χ1) is 16.6. The standard InChI is InChI=1S/C24H30N4O5S2/c1-5-6-8-27-21(26-12-14(2)33-15(3)13-26)17(16(4)18(11-25)22(27)31)10-19-23(32)28(24(34)35-19)9-7-20(29)30/h10,14-15H,5-9,12-13H2,1-4H3,(H,29,30). The van der Waals surface area contributed by atoms with Crippen LogP contribution in [0.5, 0.6) is 0 Å². The Hall–Kier alpha value is -2.68. The second-order valence-corrected chi connectivity index (χ2v) is 10.5. The van der Waals surface area contributed by atoms with Gasteiger partial charge in [-0.3, -0.25) is 23.9 Å². The molecular formula is C24H30N4O5S2. The zero-order chi connectivity index (χ0) is 25.9. The van der Waals surface area contributed by atoms with E-state index in [1.54, 1.807) is 17.6 Å². The molecule has 0 aliphatic carbocycles. The van der Waals surface area contributed by atoms with Crippen molar-refractivity contribution in [1.82, 2.24) is 9.47 Å². The zero-order valence-corrected chi connectivity index (χ0v) is 22.0. The van der Waals surface area contributed by atoms with Crippen molar-refractivity contribution in [2.45, 2.75) is 65.7 Å². The smallest absolute Gasteiger partial charge is 0.305 e. The number of thioether (sulfide) groups is 1. The molecule has 1 N–H and O–H groups in total. The summed E-state index contributed by atoms with van der Waals surface area (Å²) in [4.78, 5) is 41.2. The van der Waals surface area contributed by atoms with Crippen LogP contribution in [-0.4, -0.2) is 62.6 Å². The second-order valence-electron chi connectivity index (χ2n) is 8.80. The van der Waals surface area contributed by atoms with E-state index in [4.69, 9.17) is 22.1 Å². The van der Waals surface area contributed by atoms with Gasteiger partial charge in [0, 0.05) is 31.7 Å². The topological polar surface area (TPSA) is 116 Å². The van der Waals surface area contributed by atoms with E-state index < -0.39 is 5.97 Å². The number of morpholine rings is 1. The van der Waals surface area contributed by atoms with Gasteiger partial charge in [-0.05, 0) is 38.8 Å². The van der Waals surface area contributed by atoms with Crippen molar-refractivity contribution in [3.8, 4) is 6.07 Å². The molecule has 11 heteroatoms. The van der Waals surface area contributed by atoms with Gasteiger partial charge in [-0.2, -0.15) is 5.26 Å². The molecule has 1 aromatic heterocycles. The number of nitrogens with zero attached hydrogens (tertiary/aromatic N) is 4. The number of rotatable bonds is 8. The first-order valence-corrected chi connectivity index (χ1v) is 12.9. The molecule has 0 saturated carbocycles. The molecule has 3 rings (SSSR count). The molecule has 0 bridgehead atoms. The first kappa shape index (κ1) is 26.9. The quantitative estimate of drug-likeness (QED) is 0.409. The van der Waals surface area contributed by atoms with Gasteiger partial charge in [0.2, 0.25) is 0 Å². The maximum atomic E-state index is 13.4. The van der Waals surface area contributed by atoms with Crippen molar-refractivity contribution in [3.63, 3.8) is 0 Å². The monoisotopic (exact) mass is 518 g/mol. The number of aliphatic carboxylic acids is 1. The number of hydrogen-bond acceptors (Lipinski definition) is 8. The molecule has 2 aliphatic rings. The van der Waals surface area contributed by atoms with Gasteiger partial charge in [0.15, 0.2) is 0 Å². The molecular weight excluding hydrogens is 488 g/mol. The van der Waals surface area contributed by atoms with Gasteiger partial charge in [0.05, 0.1) is 23.5 Å². The summed E-state index contributed by atoms with van der Waals surface area (Å²) in [6.45, 7) is 9.25. The number of anilines is 1. The summed E-state index contributed by atoms with van der Waals surface area (Å²) in [6, 6.07) is 2.06. The van der Waals surface area contributed by atoms with E-state index in [9.17, 15) is 19.6 Å². The fourth-order valence-electron chi connectivity index (χ4n) is 4.39. The number of pyridine rings is 1. The van der Waals surface area contributed by atoms with Gasteiger partial charge in [0.25, 0.3) is 11.5 Å². The van der Waals surface area contributed by atoms with Crippen LogP contribution in [0, 0.1) is 18.3 Å². The molecule has 2 fully saturated rings. The Morgan fingerprint density at radius 2 is 1.94 bits per heavy atom. The van der Waals surface area contributed by atoms with E-state index >= 15 is 0 Å². The van der Waals surface area contributed by atoms with Crippen molar-refractivity contribution < 1.29 is 19.4 Å². The summed E-state index contributed by atoms with van der Waals surface area (Å²) >= 11 is 6.43. The zero-order valence-electron chi connectivity index (χ0n) is 20.4. The van der Waals surface area contributed by atoms with Crippen LogP contribution < -0.4 is 10.5 Å².